The number of hydrogen-bond acceptors (Lipinski definition) is 4. The van der Waals surface area contributed by atoms with Crippen LogP contribution < -0.4 is 5.32 Å². The molecule has 1 saturated carbocycles. The zero-order valence-corrected chi connectivity index (χ0v) is 13.8. The molecule has 130 valence electrons. The fourth-order valence-corrected chi connectivity index (χ4v) is 3.75. The Morgan fingerprint density at radius 2 is 2.28 bits per heavy atom. The number of nitrogens with one attached hydrogen (secondary N) is 1. The molecule has 0 aliphatic heterocycles. The first-order valence-corrected chi connectivity index (χ1v) is 8.50. The number of aromatic nitrogens is 1. The normalized spacial score (nSPS) is 20.0. The van der Waals surface area contributed by atoms with Crippen molar-refractivity contribution in [3.05, 3.63) is 46.7 Å². The van der Waals surface area contributed by atoms with Crippen LogP contribution in [-0.4, -0.2) is 16.8 Å². The van der Waals surface area contributed by atoms with E-state index >= 15 is 0 Å². The average molecular weight is 365 g/mol. The fourth-order valence-electron chi connectivity index (χ4n) is 3.20. The molecule has 0 unspecified atom stereocenters. The van der Waals surface area contributed by atoms with Gasteiger partial charge in [-0.05, 0) is 30.0 Å². The number of nitrogens with zero attached hydrogens (tertiary/aromatic N) is 2. The third kappa shape index (κ3) is 3.99. The van der Waals surface area contributed by atoms with Gasteiger partial charge in [0.05, 0.1) is 23.7 Å². The number of benzene rings is 1. The SMILES string of the molecule is N#Cc1cccc([C@@H](C(=O)Nc2ncc(F)s2)[C@@H]2CCC(F)(F)C2)c1. The van der Waals surface area contributed by atoms with Crippen LogP contribution in [0.2, 0.25) is 0 Å². The van der Waals surface area contributed by atoms with Gasteiger partial charge in [0.1, 0.15) is 0 Å². The van der Waals surface area contributed by atoms with Crippen LogP contribution in [0.15, 0.2) is 30.5 Å². The molecule has 1 aromatic carbocycles. The molecule has 8 heteroatoms. The van der Waals surface area contributed by atoms with Crippen molar-refractivity contribution in [3.8, 4) is 6.07 Å². The van der Waals surface area contributed by atoms with Gasteiger partial charge in [0.2, 0.25) is 11.8 Å². The molecule has 3 rings (SSSR count). The van der Waals surface area contributed by atoms with Gasteiger partial charge in [-0.3, -0.25) is 4.79 Å². The van der Waals surface area contributed by atoms with E-state index in [1.807, 2.05) is 6.07 Å². The summed E-state index contributed by atoms with van der Waals surface area (Å²) in [5, 5.41) is 11.1. The van der Waals surface area contributed by atoms with Gasteiger partial charge in [0.25, 0.3) is 0 Å². The van der Waals surface area contributed by atoms with Crippen LogP contribution in [0, 0.1) is 22.4 Å². The molecule has 0 radical (unpaired) electrons. The third-order valence-electron chi connectivity index (χ3n) is 4.28. The van der Waals surface area contributed by atoms with Gasteiger partial charge in [-0.1, -0.05) is 23.5 Å². The number of alkyl halides is 2. The number of hydrogen-bond donors (Lipinski definition) is 1. The van der Waals surface area contributed by atoms with Crippen LogP contribution in [0.4, 0.5) is 18.3 Å². The Balaban J connectivity index is 1.91. The van der Waals surface area contributed by atoms with Crippen molar-refractivity contribution >= 4 is 22.4 Å². The minimum absolute atomic E-state index is 0.0775. The second-order valence-corrected chi connectivity index (χ2v) is 7.01. The molecule has 1 aromatic heterocycles. The number of carbonyl (C=O) groups is 1. The van der Waals surface area contributed by atoms with Crippen molar-refractivity contribution in [3.63, 3.8) is 0 Å². The Morgan fingerprint density at radius 1 is 1.48 bits per heavy atom. The molecule has 0 saturated heterocycles. The second-order valence-electron chi connectivity index (χ2n) is 6.03. The summed E-state index contributed by atoms with van der Waals surface area (Å²) in [7, 11) is 0. The van der Waals surface area contributed by atoms with Crippen LogP contribution in [0.1, 0.15) is 36.3 Å². The maximum atomic E-state index is 13.7. The van der Waals surface area contributed by atoms with E-state index in [0.717, 1.165) is 6.20 Å². The van der Waals surface area contributed by atoms with Crippen LogP contribution in [0.3, 0.4) is 0 Å². The zero-order chi connectivity index (χ0) is 18.0. The predicted octanol–water partition coefficient (Wildman–Crippen LogP) is 4.31. The van der Waals surface area contributed by atoms with E-state index in [4.69, 9.17) is 5.26 Å². The largest absolute Gasteiger partial charge is 0.301 e. The number of halogens is 3. The molecule has 25 heavy (non-hydrogen) atoms. The fraction of sp³-hybridized carbons (Fsp3) is 0.353. The van der Waals surface area contributed by atoms with Crippen molar-refractivity contribution in [2.45, 2.75) is 31.1 Å². The summed E-state index contributed by atoms with van der Waals surface area (Å²) >= 11 is 0.668. The predicted molar refractivity (Wildman–Crippen MR) is 86.9 cm³/mol. The molecule has 2 atom stereocenters. The molecule has 1 N–H and O–H groups in total. The van der Waals surface area contributed by atoms with E-state index in [2.05, 4.69) is 10.3 Å². The lowest BCUT2D eigenvalue weighted by Gasteiger charge is -2.23. The van der Waals surface area contributed by atoms with Crippen LogP contribution in [0.25, 0.3) is 0 Å². The van der Waals surface area contributed by atoms with E-state index in [9.17, 15) is 18.0 Å². The second kappa shape index (κ2) is 6.84. The van der Waals surface area contributed by atoms with Gasteiger partial charge in [-0.2, -0.15) is 9.65 Å². The Morgan fingerprint density at radius 3 is 2.88 bits per heavy atom. The highest BCUT2D eigenvalue weighted by molar-refractivity contribution is 7.14. The summed E-state index contributed by atoms with van der Waals surface area (Å²) in [4.78, 5) is 16.5. The van der Waals surface area contributed by atoms with Gasteiger partial charge >= 0.3 is 0 Å². The Kier molecular flexibility index (Phi) is 4.77. The van der Waals surface area contributed by atoms with E-state index < -0.39 is 35.2 Å². The van der Waals surface area contributed by atoms with E-state index in [0.29, 0.717) is 22.5 Å². The van der Waals surface area contributed by atoms with Gasteiger partial charge in [-0.15, -0.1) is 0 Å². The maximum Gasteiger partial charge on any atom is 0.248 e. The number of rotatable bonds is 4. The number of nitriles is 1. The molecule has 1 aliphatic carbocycles. The molecule has 0 bridgehead atoms. The van der Waals surface area contributed by atoms with Crippen molar-refractivity contribution in [1.29, 1.82) is 5.26 Å². The molecule has 1 heterocycles. The van der Waals surface area contributed by atoms with Crippen molar-refractivity contribution in [2.75, 3.05) is 5.32 Å². The Bertz CT molecular complexity index is 831. The molecule has 2 aromatic rings. The van der Waals surface area contributed by atoms with Crippen LogP contribution >= 0.6 is 11.3 Å². The Hall–Kier alpha value is -2.40. The standard InChI is InChI=1S/C17H14F3N3OS/c18-13-9-22-16(25-13)23-15(24)14(12-4-5-17(19,20)7-12)11-3-1-2-10(6-11)8-21/h1-3,6,9,12,14H,4-5,7H2,(H,22,23,24)/t12-,14-/m1/s1. The number of anilines is 1. The molecule has 1 aliphatic rings. The quantitative estimate of drug-likeness (QED) is 0.878. The minimum Gasteiger partial charge on any atom is -0.301 e. The maximum absolute atomic E-state index is 13.7. The van der Waals surface area contributed by atoms with Gasteiger partial charge in [0, 0.05) is 12.8 Å². The van der Waals surface area contributed by atoms with E-state index in [1.54, 1.807) is 18.2 Å². The summed E-state index contributed by atoms with van der Waals surface area (Å²) in [6.45, 7) is 0. The van der Waals surface area contributed by atoms with Crippen LogP contribution in [-0.2, 0) is 4.79 Å². The first kappa shape index (κ1) is 17.4. The van der Waals surface area contributed by atoms with Crippen molar-refractivity contribution in [2.24, 2.45) is 5.92 Å². The lowest BCUT2D eigenvalue weighted by molar-refractivity contribution is -0.118. The number of carbonyl (C=O) groups excluding carboxylic acids is 1. The summed E-state index contributed by atoms with van der Waals surface area (Å²) in [6, 6.07) is 8.35. The highest BCUT2D eigenvalue weighted by Crippen LogP contribution is 2.45. The molecule has 0 spiro atoms. The highest BCUT2D eigenvalue weighted by atomic mass is 32.1. The lowest BCUT2D eigenvalue weighted by Crippen LogP contribution is -2.27. The highest BCUT2D eigenvalue weighted by Gasteiger charge is 2.45. The van der Waals surface area contributed by atoms with Gasteiger partial charge in [0.15, 0.2) is 10.3 Å². The molecule has 4 nitrogen and oxygen atoms in total. The topological polar surface area (TPSA) is 65.8 Å². The van der Waals surface area contributed by atoms with Crippen molar-refractivity contribution < 1.29 is 18.0 Å². The summed E-state index contributed by atoms with van der Waals surface area (Å²) in [5.41, 5.74) is 0.844. The Labute approximate surface area is 146 Å². The summed E-state index contributed by atoms with van der Waals surface area (Å²) in [6.07, 6.45) is 0.517. The van der Waals surface area contributed by atoms with Gasteiger partial charge < -0.3 is 5.32 Å². The minimum atomic E-state index is -2.80. The molecular weight excluding hydrogens is 351 g/mol. The summed E-state index contributed by atoms with van der Waals surface area (Å²) in [5.74, 6) is -4.74. The molecule has 1 amide bonds. The summed E-state index contributed by atoms with van der Waals surface area (Å²) < 4.78 is 40.4. The smallest absolute Gasteiger partial charge is 0.248 e. The monoisotopic (exact) mass is 365 g/mol. The third-order valence-corrected chi connectivity index (χ3v) is 4.98. The van der Waals surface area contributed by atoms with E-state index in [1.165, 1.54) is 6.07 Å². The number of thiazole rings is 1. The molecular formula is C17H14F3N3OS. The molecule has 1 fully saturated rings. The first-order valence-electron chi connectivity index (χ1n) is 7.68. The lowest BCUT2D eigenvalue weighted by atomic mass is 9.83. The zero-order valence-electron chi connectivity index (χ0n) is 13.0. The number of amides is 1. The average Bonchev–Trinajstić information content (AvgIpc) is 3.13. The van der Waals surface area contributed by atoms with Gasteiger partial charge in [-0.25, -0.2) is 13.8 Å². The first-order chi connectivity index (χ1) is 11.9. The van der Waals surface area contributed by atoms with Crippen molar-refractivity contribution in [1.82, 2.24) is 4.98 Å². The van der Waals surface area contributed by atoms with Crippen LogP contribution in [0.5, 0.6) is 0 Å². The van der Waals surface area contributed by atoms with E-state index in [-0.39, 0.29) is 18.0 Å².